The maximum absolute atomic E-state index is 12.0. The first-order chi connectivity index (χ1) is 9.04. The molecule has 1 aliphatic rings. The lowest BCUT2D eigenvalue weighted by Gasteiger charge is -2.34. The Morgan fingerprint density at radius 2 is 2.11 bits per heavy atom. The summed E-state index contributed by atoms with van der Waals surface area (Å²) in [6.45, 7) is 4.20. The predicted octanol–water partition coefficient (Wildman–Crippen LogP) is 1.70. The van der Waals surface area contributed by atoms with Crippen molar-refractivity contribution >= 4 is 11.6 Å². The lowest BCUT2D eigenvalue weighted by Crippen LogP contribution is -2.42. The number of para-hydroxylation sites is 1. The Morgan fingerprint density at radius 1 is 1.42 bits per heavy atom. The van der Waals surface area contributed by atoms with Gasteiger partial charge in [-0.1, -0.05) is 25.1 Å². The fourth-order valence-electron chi connectivity index (χ4n) is 2.43. The van der Waals surface area contributed by atoms with Gasteiger partial charge < -0.3 is 15.3 Å². The Morgan fingerprint density at radius 3 is 2.79 bits per heavy atom. The molecule has 0 aromatic heterocycles. The van der Waals surface area contributed by atoms with Crippen molar-refractivity contribution in [2.75, 3.05) is 18.6 Å². The molecule has 1 aromatic rings. The van der Waals surface area contributed by atoms with Crippen LogP contribution in [0.5, 0.6) is 0 Å². The zero-order chi connectivity index (χ0) is 14.0. The number of nitrogens with one attached hydrogen (secondary N) is 1. The van der Waals surface area contributed by atoms with Crippen LogP contribution < -0.4 is 10.2 Å². The molecule has 1 heterocycles. The fraction of sp³-hybridized carbons (Fsp3) is 0.533. The number of benzene rings is 1. The summed E-state index contributed by atoms with van der Waals surface area (Å²) in [5.74, 6) is 0.293. The van der Waals surface area contributed by atoms with Crippen LogP contribution in [0.3, 0.4) is 0 Å². The highest BCUT2D eigenvalue weighted by Gasteiger charge is 2.30. The number of hydrogen-bond donors (Lipinski definition) is 2. The molecule has 0 fully saturated rings. The molecule has 0 saturated carbocycles. The molecule has 1 aromatic carbocycles. The van der Waals surface area contributed by atoms with Gasteiger partial charge in [0.15, 0.2) is 0 Å². The maximum Gasteiger partial charge on any atom is 0.228 e. The van der Waals surface area contributed by atoms with Gasteiger partial charge in [-0.2, -0.15) is 0 Å². The molecule has 0 aliphatic carbocycles. The van der Waals surface area contributed by atoms with E-state index >= 15 is 0 Å². The molecule has 2 rings (SSSR count). The third kappa shape index (κ3) is 2.80. The quantitative estimate of drug-likeness (QED) is 0.868. The predicted molar refractivity (Wildman–Crippen MR) is 76.1 cm³/mol. The SMILES string of the molecule is CC(CO)C(C)NC1CC(=O)N(C)c2ccccc21. The summed E-state index contributed by atoms with van der Waals surface area (Å²) in [5.41, 5.74) is 2.13. The molecule has 4 heteroatoms. The Kier molecular flexibility index (Phi) is 4.22. The van der Waals surface area contributed by atoms with Gasteiger partial charge in [0, 0.05) is 37.8 Å². The normalized spacial score (nSPS) is 22.0. The van der Waals surface area contributed by atoms with E-state index in [-0.39, 0.29) is 30.5 Å². The highest BCUT2D eigenvalue weighted by atomic mass is 16.3. The molecule has 0 radical (unpaired) electrons. The molecule has 0 saturated heterocycles. The van der Waals surface area contributed by atoms with Crippen LogP contribution in [0.2, 0.25) is 0 Å². The van der Waals surface area contributed by atoms with E-state index in [2.05, 4.69) is 11.4 Å². The molecule has 0 bridgehead atoms. The van der Waals surface area contributed by atoms with E-state index in [4.69, 9.17) is 0 Å². The summed E-state index contributed by atoms with van der Waals surface area (Å²) in [6.07, 6.45) is 0.468. The van der Waals surface area contributed by atoms with Crippen molar-refractivity contribution in [2.45, 2.75) is 32.4 Å². The molecule has 3 atom stereocenters. The van der Waals surface area contributed by atoms with Crippen molar-refractivity contribution in [3.8, 4) is 0 Å². The van der Waals surface area contributed by atoms with E-state index < -0.39 is 0 Å². The van der Waals surface area contributed by atoms with Gasteiger partial charge in [-0.05, 0) is 24.5 Å². The zero-order valence-corrected chi connectivity index (χ0v) is 11.8. The fourth-order valence-corrected chi connectivity index (χ4v) is 2.43. The molecule has 0 spiro atoms. The van der Waals surface area contributed by atoms with Gasteiger partial charge in [0.25, 0.3) is 0 Å². The van der Waals surface area contributed by atoms with Crippen LogP contribution in [-0.2, 0) is 4.79 Å². The third-order valence-electron chi connectivity index (χ3n) is 4.03. The van der Waals surface area contributed by atoms with Gasteiger partial charge in [-0.15, -0.1) is 0 Å². The first-order valence-corrected chi connectivity index (χ1v) is 6.77. The van der Waals surface area contributed by atoms with E-state index in [1.165, 1.54) is 0 Å². The number of carbonyl (C=O) groups excluding carboxylic acids is 1. The molecule has 2 N–H and O–H groups in total. The zero-order valence-electron chi connectivity index (χ0n) is 11.8. The number of amides is 1. The van der Waals surface area contributed by atoms with Crippen molar-refractivity contribution < 1.29 is 9.90 Å². The van der Waals surface area contributed by atoms with E-state index in [0.717, 1.165) is 11.3 Å². The average molecular weight is 262 g/mol. The summed E-state index contributed by atoms with van der Waals surface area (Å²) in [5, 5.41) is 12.7. The molecule has 19 heavy (non-hydrogen) atoms. The number of aliphatic hydroxyl groups is 1. The molecule has 1 aliphatic heterocycles. The van der Waals surface area contributed by atoms with Crippen LogP contribution in [-0.4, -0.2) is 30.7 Å². The van der Waals surface area contributed by atoms with Crippen molar-refractivity contribution in [3.05, 3.63) is 29.8 Å². The first-order valence-electron chi connectivity index (χ1n) is 6.77. The minimum absolute atomic E-state index is 0.0314. The highest BCUT2D eigenvalue weighted by Crippen LogP contribution is 2.33. The van der Waals surface area contributed by atoms with Gasteiger partial charge in [-0.3, -0.25) is 4.79 Å². The Bertz CT molecular complexity index is 461. The van der Waals surface area contributed by atoms with E-state index in [0.29, 0.717) is 6.42 Å². The average Bonchev–Trinajstić information content (AvgIpc) is 2.43. The molecule has 4 nitrogen and oxygen atoms in total. The maximum atomic E-state index is 12.0. The number of nitrogens with zero attached hydrogens (tertiary/aromatic N) is 1. The van der Waals surface area contributed by atoms with Crippen molar-refractivity contribution in [3.63, 3.8) is 0 Å². The summed E-state index contributed by atoms with van der Waals surface area (Å²) in [6, 6.07) is 8.18. The molecular formula is C15H22N2O2. The molecular weight excluding hydrogens is 240 g/mol. The van der Waals surface area contributed by atoms with E-state index in [1.807, 2.05) is 39.1 Å². The van der Waals surface area contributed by atoms with Crippen LogP contribution in [0.4, 0.5) is 5.69 Å². The van der Waals surface area contributed by atoms with Gasteiger partial charge in [0.1, 0.15) is 0 Å². The highest BCUT2D eigenvalue weighted by molar-refractivity contribution is 5.96. The lowest BCUT2D eigenvalue weighted by molar-refractivity contribution is -0.119. The Hall–Kier alpha value is -1.39. The number of anilines is 1. The van der Waals surface area contributed by atoms with Crippen LogP contribution in [0.15, 0.2) is 24.3 Å². The number of carbonyl (C=O) groups is 1. The standard InChI is InChI=1S/C15H22N2O2/c1-10(9-18)11(2)16-13-8-15(19)17(3)14-7-5-4-6-12(13)14/h4-7,10-11,13,16,18H,8-9H2,1-3H3. The summed E-state index contributed by atoms with van der Waals surface area (Å²) in [7, 11) is 1.82. The monoisotopic (exact) mass is 262 g/mol. The van der Waals surface area contributed by atoms with Crippen molar-refractivity contribution in [1.82, 2.24) is 5.32 Å². The minimum atomic E-state index is 0.0314. The van der Waals surface area contributed by atoms with Crippen LogP contribution in [0.25, 0.3) is 0 Å². The number of aliphatic hydroxyl groups excluding tert-OH is 1. The van der Waals surface area contributed by atoms with Gasteiger partial charge in [0.2, 0.25) is 5.91 Å². The minimum Gasteiger partial charge on any atom is -0.396 e. The summed E-state index contributed by atoms with van der Waals surface area (Å²) >= 11 is 0. The smallest absolute Gasteiger partial charge is 0.228 e. The summed E-state index contributed by atoms with van der Waals surface area (Å²) in [4.78, 5) is 13.7. The largest absolute Gasteiger partial charge is 0.396 e. The van der Waals surface area contributed by atoms with Crippen LogP contribution in [0, 0.1) is 5.92 Å². The third-order valence-corrected chi connectivity index (χ3v) is 4.03. The Labute approximate surface area is 114 Å². The Balaban J connectivity index is 2.23. The molecule has 104 valence electrons. The van der Waals surface area contributed by atoms with Gasteiger partial charge in [-0.25, -0.2) is 0 Å². The second-order valence-corrected chi connectivity index (χ2v) is 5.38. The molecule has 1 amide bonds. The summed E-state index contributed by atoms with van der Waals surface area (Å²) < 4.78 is 0. The van der Waals surface area contributed by atoms with Crippen molar-refractivity contribution in [2.24, 2.45) is 5.92 Å². The number of fused-ring (bicyclic) bond motifs is 1. The van der Waals surface area contributed by atoms with E-state index in [1.54, 1.807) is 4.90 Å². The van der Waals surface area contributed by atoms with E-state index in [9.17, 15) is 9.90 Å². The van der Waals surface area contributed by atoms with Crippen LogP contribution >= 0.6 is 0 Å². The second-order valence-electron chi connectivity index (χ2n) is 5.38. The molecule has 3 unspecified atom stereocenters. The number of hydrogen-bond acceptors (Lipinski definition) is 3. The van der Waals surface area contributed by atoms with Gasteiger partial charge in [0.05, 0.1) is 0 Å². The lowest BCUT2D eigenvalue weighted by atomic mass is 9.94. The van der Waals surface area contributed by atoms with Crippen molar-refractivity contribution in [1.29, 1.82) is 0 Å². The first kappa shape index (κ1) is 14.0. The van der Waals surface area contributed by atoms with Gasteiger partial charge >= 0.3 is 0 Å². The topological polar surface area (TPSA) is 52.6 Å². The number of rotatable bonds is 4. The second kappa shape index (κ2) is 5.72. The van der Waals surface area contributed by atoms with Crippen LogP contribution in [0.1, 0.15) is 31.9 Å².